The topological polar surface area (TPSA) is 47.6 Å². The van der Waals surface area contributed by atoms with Gasteiger partial charge in [-0.2, -0.15) is 0 Å². The van der Waals surface area contributed by atoms with Crippen molar-refractivity contribution in [1.29, 1.82) is 0 Å². The molecule has 1 aliphatic heterocycles. The maximum Gasteiger partial charge on any atom is 0.255 e. The molecular formula is C16H21NO3. The average molecular weight is 275 g/mol. The summed E-state index contributed by atoms with van der Waals surface area (Å²) in [6, 6.07) is 5.42. The first-order valence-corrected chi connectivity index (χ1v) is 7.51. The van der Waals surface area contributed by atoms with Crippen molar-refractivity contribution in [2.75, 3.05) is 13.3 Å². The van der Waals surface area contributed by atoms with E-state index in [4.69, 9.17) is 9.47 Å². The number of nitrogens with one attached hydrogen (secondary N) is 1. The second kappa shape index (κ2) is 6.16. The average Bonchev–Trinajstić information content (AvgIpc) is 3.13. The van der Waals surface area contributed by atoms with E-state index in [1.54, 1.807) is 6.07 Å². The van der Waals surface area contributed by atoms with Crippen LogP contribution < -0.4 is 14.8 Å². The molecule has 1 heterocycles. The lowest BCUT2D eigenvalue weighted by molar-refractivity contribution is 0.0947. The highest BCUT2D eigenvalue weighted by atomic mass is 16.7. The summed E-state index contributed by atoms with van der Waals surface area (Å²) in [7, 11) is 0. The van der Waals surface area contributed by atoms with Crippen molar-refractivity contribution in [2.24, 2.45) is 5.92 Å². The molecule has 0 aromatic heterocycles. The maximum atomic E-state index is 12.2. The minimum absolute atomic E-state index is 0.0706. The first-order chi connectivity index (χ1) is 9.84. The van der Waals surface area contributed by atoms with Crippen LogP contribution >= 0.6 is 0 Å². The number of amides is 1. The van der Waals surface area contributed by atoms with Crippen LogP contribution in [0, 0.1) is 5.92 Å². The minimum Gasteiger partial charge on any atom is -0.454 e. The highest BCUT2D eigenvalue weighted by Crippen LogP contribution is 2.35. The third-order valence-electron chi connectivity index (χ3n) is 4.19. The molecule has 1 amide bonds. The molecule has 0 bridgehead atoms. The van der Waals surface area contributed by atoms with Gasteiger partial charge in [0.25, 0.3) is 5.91 Å². The molecular weight excluding hydrogens is 254 g/mol. The Hall–Kier alpha value is -1.71. The monoisotopic (exact) mass is 275 g/mol. The summed E-state index contributed by atoms with van der Waals surface area (Å²) in [6.07, 6.45) is 7.78. The lowest BCUT2D eigenvalue weighted by Gasteiger charge is -2.10. The van der Waals surface area contributed by atoms with Gasteiger partial charge in [0.2, 0.25) is 6.79 Å². The second-order valence-electron chi connectivity index (χ2n) is 5.59. The molecule has 0 spiro atoms. The smallest absolute Gasteiger partial charge is 0.255 e. The molecule has 20 heavy (non-hydrogen) atoms. The largest absolute Gasteiger partial charge is 0.454 e. The summed E-state index contributed by atoms with van der Waals surface area (Å²) in [4.78, 5) is 12.2. The third-order valence-corrected chi connectivity index (χ3v) is 4.19. The molecule has 0 radical (unpaired) electrons. The Kier molecular flexibility index (Phi) is 4.09. The molecule has 108 valence electrons. The van der Waals surface area contributed by atoms with Crippen LogP contribution in [-0.4, -0.2) is 19.2 Å². The van der Waals surface area contributed by atoms with E-state index in [2.05, 4.69) is 5.32 Å². The van der Waals surface area contributed by atoms with Gasteiger partial charge in [0.05, 0.1) is 5.56 Å². The Morgan fingerprint density at radius 2 is 2.10 bits per heavy atom. The van der Waals surface area contributed by atoms with Gasteiger partial charge in [-0.1, -0.05) is 31.7 Å². The highest BCUT2D eigenvalue weighted by molar-refractivity contribution is 5.97. The summed E-state index contributed by atoms with van der Waals surface area (Å²) < 4.78 is 10.6. The summed E-state index contributed by atoms with van der Waals surface area (Å²) >= 11 is 0. The molecule has 1 fully saturated rings. The van der Waals surface area contributed by atoms with Gasteiger partial charge >= 0.3 is 0 Å². The highest BCUT2D eigenvalue weighted by Gasteiger charge is 2.21. The van der Waals surface area contributed by atoms with Gasteiger partial charge in [0.15, 0.2) is 11.5 Å². The Balaban J connectivity index is 1.48. The fraction of sp³-hybridized carbons (Fsp3) is 0.562. The van der Waals surface area contributed by atoms with E-state index in [9.17, 15) is 4.79 Å². The Bertz CT molecular complexity index is 481. The molecule has 3 rings (SSSR count). The van der Waals surface area contributed by atoms with Crippen molar-refractivity contribution >= 4 is 5.91 Å². The molecule has 1 aromatic rings. The molecule has 1 N–H and O–H groups in total. The minimum atomic E-state index is -0.0706. The first-order valence-electron chi connectivity index (χ1n) is 7.51. The molecule has 4 heteroatoms. The standard InChI is InChI=1S/C16H21NO3/c18-16(17-10-4-7-12-5-1-2-6-12)13-8-3-9-14-15(13)20-11-19-14/h3,8-9,12H,1-2,4-7,10-11H2,(H,17,18). The zero-order valence-electron chi connectivity index (χ0n) is 11.7. The number of ether oxygens (including phenoxy) is 2. The predicted molar refractivity (Wildman–Crippen MR) is 76.1 cm³/mol. The van der Waals surface area contributed by atoms with E-state index < -0.39 is 0 Å². The number of hydrogen-bond acceptors (Lipinski definition) is 3. The number of carbonyl (C=O) groups excluding carboxylic acids is 1. The van der Waals surface area contributed by atoms with Gasteiger partial charge in [-0.3, -0.25) is 4.79 Å². The molecule has 0 unspecified atom stereocenters. The van der Waals surface area contributed by atoms with Gasteiger partial charge in [0, 0.05) is 6.54 Å². The van der Waals surface area contributed by atoms with Crippen molar-refractivity contribution in [3.8, 4) is 11.5 Å². The van der Waals surface area contributed by atoms with E-state index in [1.807, 2.05) is 12.1 Å². The van der Waals surface area contributed by atoms with Crippen LogP contribution in [0.15, 0.2) is 18.2 Å². The number of hydrogen-bond donors (Lipinski definition) is 1. The first kappa shape index (κ1) is 13.3. The van der Waals surface area contributed by atoms with Crippen molar-refractivity contribution in [2.45, 2.75) is 38.5 Å². The zero-order valence-corrected chi connectivity index (χ0v) is 11.7. The van der Waals surface area contributed by atoms with Crippen LogP contribution in [0.3, 0.4) is 0 Å². The van der Waals surface area contributed by atoms with Gasteiger partial charge in [-0.05, 0) is 30.9 Å². The van der Waals surface area contributed by atoms with Crippen LogP contribution in [-0.2, 0) is 0 Å². The van der Waals surface area contributed by atoms with Crippen molar-refractivity contribution in [3.05, 3.63) is 23.8 Å². The number of carbonyl (C=O) groups is 1. The van der Waals surface area contributed by atoms with Crippen LogP contribution in [0.25, 0.3) is 0 Å². The predicted octanol–water partition coefficient (Wildman–Crippen LogP) is 3.12. The summed E-state index contributed by atoms with van der Waals surface area (Å²) in [5.74, 6) is 2.03. The van der Waals surface area contributed by atoms with Gasteiger partial charge in [-0.25, -0.2) is 0 Å². The van der Waals surface area contributed by atoms with Crippen molar-refractivity contribution in [3.63, 3.8) is 0 Å². The summed E-state index contributed by atoms with van der Waals surface area (Å²) in [5, 5.41) is 2.98. The molecule has 0 atom stereocenters. The number of fused-ring (bicyclic) bond motifs is 1. The zero-order chi connectivity index (χ0) is 13.8. The quantitative estimate of drug-likeness (QED) is 0.840. The van der Waals surface area contributed by atoms with E-state index in [1.165, 1.54) is 32.1 Å². The number of rotatable bonds is 5. The molecule has 0 saturated heterocycles. The molecule has 2 aliphatic rings. The van der Waals surface area contributed by atoms with Crippen molar-refractivity contribution in [1.82, 2.24) is 5.32 Å². The maximum absolute atomic E-state index is 12.2. The summed E-state index contributed by atoms with van der Waals surface area (Å²) in [6.45, 7) is 0.932. The molecule has 1 aliphatic carbocycles. The molecule has 4 nitrogen and oxygen atoms in total. The second-order valence-corrected chi connectivity index (χ2v) is 5.59. The lowest BCUT2D eigenvalue weighted by atomic mass is 10.0. The number of para-hydroxylation sites is 1. The third kappa shape index (κ3) is 2.89. The van der Waals surface area contributed by atoms with E-state index >= 15 is 0 Å². The van der Waals surface area contributed by atoms with Gasteiger partial charge < -0.3 is 14.8 Å². The summed E-state index contributed by atoms with van der Waals surface area (Å²) in [5.41, 5.74) is 0.570. The van der Waals surface area contributed by atoms with Gasteiger partial charge in [0.1, 0.15) is 0 Å². The van der Waals surface area contributed by atoms with Crippen LogP contribution in [0.1, 0.15) is 48.9 Å². The van der Waals surface area contributed by atoms with E-state index in [-0.39, 0.29) is 12.7 Å². The fourth-order valence-electron chi connectivity index (χ4n) is 3.10. The van der Waals surface area contributed by atoms with E-state index in [0.29, 0.717) is 17.1 Å². The number of benzene rings is 1. The Labute approximate surface area is 119 Å². The molecule has 1 aromatic carbocycles. The van der Waals surface area contributed by atoms with Crippen LogP contribution in [0.2, 0.25) is 0 Å². The fourth-order valence-corrected chi connectivity index (χ4v) is 3.10. The Morgan fingerprint density at radius 1 is 1.25 bits per heavy atom. The van der Waals surface area contributed by atoms with Gasteiger partial charge in [-0.15, -0.1) is 0 Å². The molecule has 1 saturated carbocycles. The normalized spacial score (nSPS) is 17.4. The SMILES string of the molecule is O=C(NCCCC1CCCC1)c1cccc2c1OCO2. The lowest BCUT2D eigenvalue weighted by Crippen LogP contribution is -2.25. The van der Waals surface area contributed by atoms with Crippen LogP contribution in [0.5, 0.6) is 11.5 Å². The Morgan fingerprint density at radius 3 is 2.95 bits per heavy atom. The van der Waals surface area contributed by atoms with Crippen LogP contribution in [0.4, 0.5) is 0 Å². The van der Waals surface area contributed by atoms with E-state index in [0.717, 1.165) is 18.9 Å². The van der Waals surface area contributed by atoms with Crippen molar-refractivity contribution < 1.29 is 14.3 Å².